The molecule has 17 heavy (non-hydrogen) atoms. The smallest absolute Gasteiger partial charge is 0.251 e. The standard InChI is InChI=1S/C12H16N2O3/c15-11(16)4-2-1-3-7-14-12(17)10-5-8-13-9-6-10/h5-6,8-9H,1-4,7H2,(H,14,17)(H,15,16)/p-1. The minimum Gasteiger partial charge on any atom is -0.550 e. The van der Waals surface area contributed by atoms with Gasteiger partial charge in [0.1, 0.15) is 0 Å². The number of carbonyl (C=O) groups excluding carboxylic acids is 2. The number of aliphatic carboxylic acids is 1. The summed E-state index contributed by atoms with van der Waals surface area (Å²) >= 11 is 0. The first-order chi connectivity index (χ1) is 8.20. The Hall–Kier alpha value is -1.91. The molecular weight excluding hydrogens is 220 g/mol. The molecule has 1 aromatic heterocycles. The summed E-state index contributed by atoms with van der Waals surface area (Å²) in [5, 5.41) is 12.9. The fourth-order valence-electron chi connectivity index (χ4n) is 1.38. The molecule has 1 N–H and O–H groups in total. The van der Waals surface area contributed by atoms with Crippen molar-refractivity contribution in [2.24, 2.45) is 0 Å². The number of nitrogens with zero attached hydrogens (tertiary/aromatic N) is 1. The second kappa shape index (κ2) is 7.38. The fourth-order valence-corrected chi connectivity index (χ4v) is 1.38. The van der Waals surface area contributed by atoms with Crippen LogP contribution in [0.15, 0.2) is 24.5 Å². The van der Waals surface area contributed by atoms with Crippen molar-refractivity contribution in [3.8, 4) is 0 Å². The van der Waals surface area contributed by atoms with Gasteiger partial charge in [0.25, 0.3) is 5.91 Å². The Bertz CT molecular complexity index is 365. The Kier molecular flexibility index (Phi) is 5.71. The molecule has 0 unspecified atom stereocenters. The van der Waals surface area contributed by atoms with Gasteiger partial charge in [0, 0.05) is 30.5 Å². The number of unbranched alkanes of at least 4 members (excludes halogenated alkanes) is 2. The molecule has 0 saturated carbocycles. The van der Waals surface area contributed by atoms with E-state index in [0.29, 0.717) is 18.5 Å². The van der Waals surface area contributed by atoms with E-state index in [2.05, 4.69) is 10.3 Å². The number of rotatable bonds is 7. The molecule has 1 heterocycles. The average Bonchev–Trinajstić information content (AvgIpc) is 2.34. The Morgan fingerprint density at radius 2 is 1.88 bits per heavy atom. The van der Waals surface area contributed by atoms with Gasteiger partial charge in [0.05, 0.1) is 0 Å². The number of carbonyl (C=O) groups is 2. The van der Waals surface area contributed by atoms with Gasteiger partial charge in [0.15, 0.2) is 0 Å². The molecule has 0 radical (unpaired) electrons. The summed E-state index contributed by atoms with van der Waals surface area (Å²) in [6.45, 7) is 0.550. The Labute approximate surface area is 99.9 Å². The van der Waals surface area contributed by atoms with Crippen molar-refractivity contribution in [2.75, 3.05) is 6.54 Å². The summed E-state index contributed by atoms with van der Waals surface area (Å²) in [5.74, 6) is -1.15. The Morgan fingerprint density at radius 3 is 2.53 bits per heavy atom. The minimum atomic E-state index is -1.02. The molecule has 0 saturated heterocycles. The van der Waals surface area contributed by atoms with Crippen molar-refractivity contribution in [1.82, 2.24) is 10.3 Å². The average molecular weight is 235 g/mol. The van der Waals surface area contributed by atoms with E-state index in [-0.39, 0.29) is 12.3 Å². The highest BCUT2D eigenvalue weighted by molar-refractivity contribution is 5.93. The predicted molar refractivity (Wildman–Crippen MR) is 60.0 cm³/mol. The molecule has 0 aliphatic carbocycles. The third-order valence-corrected chi connectivity index (χ3v) is 2.29. The highest BCUT2D eigenvalue weighted by Gasteiger charge is 2.02. The maximum Gasteiger partial charge on any atom is 0.251 e. The van der Waals surface area contributed by atoms with Gasteiger partial charge < -0.3 is 15.2 Å². The zero-order valence-corrected chi connectivity index (χ0v) is 9.52. The molecule has 1 aromatic rings. The minimum absolute atomic E-state index is 0.0816. The summed E-state index contributed by atoms with van der Waals surface area (Å²) in [6.07, 6.45) is 5.34. The van der Waals surface area contributed by atoms with E-state index in [1.54, 1.807) is 24.5 Å². The van der Waals surface area contributed by atoms with Gasteiger partial charge in [-0.05, 0) is 31.4 Å². The van der Waals surface area contributed by atoms with Crippen LogP contribution in [0.4, 0.5) is 0 Å². The van der Waals surface area contributed by atoms with E-state index >= 15 is 0 Å². The van der Waals surface area contributed by atoms with Crippen LogP contribution in [-0.2, 0) is 4.79 Å². The molecule has 0 aliphatic heterocycles. The number of carboxylic acids is 1. The van der Waals surface area contributed by atoms with E-state index in [9.17, 15) is 14.7 Å². The zero-order chi connectivity index (χ0) is 12.5. The van der Waals surface area contributed by atoms with Crippen LogP contribution in [0.25, 0.3) is 0 Å². The van der Waals surface area contributed by atoms with Crippen molar-refractivity contribution < 1.29 is 14.7 Å². The van der Waals surface area contributed by atoms with Crippen molar-refractivity contribution in [3.05, 3.63) is 30.1 Å². The largest absolute Gasteiger partial charge is 0.550 e. The molecule has 92 valence electrons. The first-order valence-electron chi connectivity index (χ1n) is 5.58. The lowest BCUT2D eigenvalue weighted by Gasteiger charge is -2.05. The Morgan fingerprint density at radius 1 is 1.18 bits per heavy atom. The lowest BCUT2D eigenvalue weighted by Crippen LogP contribution is -2.24. The van der Waals surface area contributed by atoms with E-state index in [1.807, 2.05) is 0 Å². The molecule has 1 rings (SSSR count). The van der Waals surface area contributed by atoms with Crippen LogP contribution in [0.1, 0.15) is 36.0 Å². The van der Waals surface area contributed by atoms with Gasteiger partial charge in [0.2, 0.25) is 0 Å². The van der Waals surface area contributed by atoms with E-state index in [0.717, 1.165) is 12.8 Å². The molecule has 0 aromatic carbocycles. The summed E-state index contributed by atoms with van der Waals surface area (Å²) in [5.41, 5.74) is 0.578. The highest BCUT2D eigenvalue weighted by Crippen LogP contribution is 1.99. The number of pyridine rings is 1. The molecule has 0 spiro atoms. The monoisotopic (exact) mass is 235 g/mol. The van der Waals surface area contributed by atoms with Crippen LogP contribution in [0.5, 0.6) is 0 Å². The second-order valence-electron chi connectivity index (χ2n) is 3.67. The molecule has 5 heteroatoms. The van der Waals surface area contributed by atoms with Crippen LogP contribution in [0, 0.1) is 0 Å². The molecule has 0 bridgehead atoms. The number of aromatic nitrogens is 1. The maximum absolute atomic E-state index is 11.5. The third kappa shape index (κ3) is 5.65. The molecule has 0 atom stereocenters. The van der Waals surface area contributed by atoms with E-state index in [4.69, 9.17) is 0 Å². The van der Waals surface area contributed by atoms with E-state index < -0.39 is 5.97 Å². The molecule has 1 amide bonds. The molecule has 0 aliphatic rings. The van der Waals surface area contributed by atoms with Gasteiger partial charge >= 0.3 is 0 Å². The lowest BCUT2D eigenvalue weighted by atomic mass is 10.2. The van der Waals surface area contributed by atoms with Crippen molar-refractivity contribution in [3.63, 3.8) is 0 Å². The Balaban J connectivity index is 2.11. The van der Waals surface area contributed by atoms with Crippen molar-refractivity contribution in [2.45, 2.75) is 25.7 Å². The SMILES string of the molecule is O=C([O-])CCCCCNC(=O)c1ccncc1. The molecule has 5 nitrogen and oxygen atoms in total. The fraction of sp³-hybridized carbons (Fsp3) is 0.417. The highest BCUT2D eigenvalue weighted by atomic mass is 16.4. The van der Waals surface area contributed by atoms with Gasteiger partial charge in [-0.1, -0.05) is 6.42 Å². The summed E-state index contributed by atoms with van der Waals surface area (Å²) in [6, 6.07) is 3.29. The topological polar surface area (TPSA) is 82.1 Å². The van der Waals surface area contributed by atoms with Gasteiger partial charge in [-0.3, -0.25) is 9.78 Å². The first-order valence-corrected chi connectivity index (χ1v) is 5.58. The number of amides is 1. The van der Waals surface area contributed by atoms with Crippen LogP contribution in [0.2, 0.25) is 0 Å². The van der Waals surface area contributed by atoms with Crippen LogP contribution < -0.4 is 10.4 Å². The van der Waals surface area contributed by atoms with Crippen molar-refractivity contribution >= 4 is 11.9 Å². The van der Waals surface area contributed by atoms with Crippen molar-refractivity contribution in [1.29, 1.82) is 0 Å². The maximum atomic E-state index is 11.5. The van der Waals surface area contributed by atoms with Gasteiger partial charge in [-0.2, -0.15) is 0 Å². The van der Waals surface area contributed by atoms with Crippen LogP contribution in [0.3, 0.4) is 0 Å². The van der Waals surface area contributed by atoms with Gasteiger partial charge in [-0.15, -0.1) is 0 Å². The van der Waals surface area contributed by atoms with Crippen LogP contribution >= 0.6 is 0 Å². The number of nitrogens with one attached hydrogen (secondary N) is 1. The van der Waals surface area contributed by atoms with Gasteiger partial charge in [-0.25, -0.2) is 0 Å². The first kappa shape index (κ1) is 13.2. The summed E-state index contributed by atoms with van der Waals surface area (Å²) < 4.78 is 0. The van der Waals surface area contributed by atoms with E-state index in [1.165, 1.54) is 0 Å². The number of hydrogen-bond acceptors (Lipinski definition) is 4. The predicted octanol–water partition coefficient (Wildman–Crippen LogP) is 0.122. The number of hydrogen-bond donors (Lipinski definition) is 1. The normalized spacial score (nSPS) is 9.88. The molecule has 0 fully saturated rings. The number of carboxylic acid groups (broad SMARTS) is 1. The van der Waals surface area contributed by atoms with Crippen LogP contribution in [-0.4, -0.2) is 23.4 Å². The lowest BCUT2D eigenvalue weighted by molar-refractivity contribution is -0.305. The molecular formula is C12H15N2O3-. The zero-order valence-electron chi connectivity index (χ0n) is 9.52. The summed E-state index contributed by atoms with van der Waals surface area (Å²) in [4.78, 5) is 25.5. The summed E-state index contributed by atoms with van der Waals surface area (Å²) in [7, 11) is 0. The second-order valence-corrected chi connectivity index (χ2v) is 3.67. The third-order valence-electron chi connectivity index (χ3n) is 2.29. The quantitative estimate of drug-likeness (QED) is 0.680.